The second-order valence-electron chi connectivity index (χ2n) is 3.85. The maximum atomic E-state index is 8.79. The largest absolute Gasteiger partial charge is 0.356 e. The highest BCUT2D eigenvalue weighted by molar-refractivity contribution is 5.85. The zero-order chi connectivity index (χ0) is 10.7. The predicted molar refractivity (Wildman–Crippen MR) is 65.6 cm³/mol. The minimum atomic E-state index is 0. The van der Waals surface area contributed by atoms with Crippen LogP contribution in [0.25, 0.3) is 0 Å². The third-order valence-corrected chi connectivity index (χ3v) is 2.82. The summed E-state index contributed by atoms with van der Waals surface area (Å²) in [5.41, 5.74) is 6.29. The number of pyridine rings is 1. The van der Waals surface area contributed by atoms with Crippen LogP contribution in [-0.4, -0.2) is 24.6 Å². The van der Waals surface area contributed by atoms with Gasteiger partial charge in [0.15, 0.2) is 0 Å². The fourth-order valence-corrected chi connectivity index (χ4v) is 1.89. The first-order valence-electron chi connectivity index (χ1n) is 5.14. The van der Waals surface area contributed by atoms with Crippen molar-refractivity contribution in [2.24, 2.45) is 11.7 Å². The van der Waals surface area contributed by atoms with E-state index in [1.165, 1.54) is 0 Å². The van der Waals surface area contributed by atoms with E-state index in [1.54, 1.807) is 12.3 Å². The van der Waals surface area contributed by atoms with Gasteiger partial charge in [0.05, 0.1) is 11.6 Å². The van der Waals surface area contributed by atoms with Gasteiger partial charge in [0, 0.05) is 19.3 Å². The Bertz CT molecular complexity index is 388. The molecule has 2 heterocycles. The Labute approximate surface area is 101 Å². The summed E-state index contributed by atoms with van der Waals surface area (Å²) in [5, 5.41) is 8.79. The Kier molecular flexibility index (Phi) is 4.53. The Morgan fingerprint density at radius 2 is 2.44 bits per heavy atom. The van der Waals surface area contributed by atoms with Crippen molar-refractivity contribution in [2.45, 2.75) is 6.42 Å². The van der Waals surface area contributed by atoms with Gasteiger partial charge in [-0.2, -0.15) is 5.26 Å². The standard InChI is InChI=1S/C11H14N4.ClH/c12-6-9-1-3-14-11(5-9)15-4-2-10(7-13)8-15;/h1,3,5,10H,2,4,7-8,13H2;1H. The van der Waals surface area contributed by atoms with E-state index >= 15 is 0 Å². The summed E-state index contributed by atoms with van der Waals surface area (Å²) in [4.78, 5) is 6.46. The van der Waals surface area contributed by atoms with E-state index in [9.17, 15) is 0 Å². The molecule has 1 fully saturated rings. The van der Waals surface area contributed by atoms with Gasteiger partial charge in [0.25, 0.3) is 0 Å². The average Bonchev–Trinajstić information content (AvgIpc) is 2.78. The molecule has 1 saturated heterocycles. The van der Waals surface area contributed by atoms with E-state index in [0.29, 0.717) is 11.5 Å². The molecule has 1 aliphatic rings. The second kappa shape index (κ2) is 5.69. The van der Waals surface area contributed by atoms with Crippen LogP contribution >= 0.6 is 12.4 Å². The van der Waals surface area contributed by atoms with Crippen LogP contribution in [0.4, 0.5) is 5.82 Å². The molecule has 1 unspecified atom stereocenters. The third-order valence-electron chi connectivity index (χ3n) is 2.82. The van der Waals surface area contributed by atoms with Crippen LogP contribution in [0.15, 0.2) is 18.3 Å². The normalized spacial score (nSPS) is 19.0. The highest BCUT2D eigenvalue weighted by Gasteiger charge is 2.22. The molecular formula is C11H15ClN4. The summed E-state index contributed by atoms with van der Waals surface area (Å²) in [6.45, 7) is 2.68. The lowest BCUT2D eigenvalue weighted by Gasteiger charge is -2.16. The van der Waals surface area contributed by atoms with E-state index in [-0.39, 0.29) is 12.4 Å². The van der Waals surface area contributed by atoms with Crippen LogP contribution in [0.3, 0.4) is 0 Å². The van der Waals surface area contributed by atoms with Crippen molar-refractivity contribution in [1.29, 1.82) is 5.26 Å². The highest BCUT2D eigenvalue weighted by atomic mass is 35.5. The van der Waals surface area contributed by atoms with Crippen molar-refractivity contribution in [3.63, 3.8) is 0 Å². The van der Waals surface area contributed by atoms with Crippen LogP contribution in [0.5, 0.6) is 0 Å². The zero-order valence-electron chi connectivity index (χ0n) is 8.97. The molecule has 0 saturated carbocycles. The molecule has 0 spiro atoms. The summed E-state index contributed by atoms with van der Waals surface area (Å²) in [6.07, 6.45) is 2.80. The van der Waals surface area contributed by atoms with Crippen molar-refractivity contribution in [3.8, 4) is 6.07 Å². The number of hydrogen-bond acceptors (Lipinski definition) is 4. The molecule has 2 rings (SSSR count). The second-order valence-corrected chi connectivity index (χ2v) is 3.85. The monoisotopic (exact) mass is 238 g/mol. The first kappa shape index (κ1) is 12.8. The first-order chi connectivity index (χ1) is 7.33. The molecule has 2 N–H and O–H groups in total. The van der Waals surface area contributed by atoms with Gasteiger partial charge in [-0.25, -0.2) is 4.98 Å². The van der Waals surface area contributed by atoms with Crippen LogP contribution in [0, 0.1) is 17.2 Å². The molecule has 1 aliphatic heterocycles. The lowest BCUT2D eigenvalue weighted by atomic mass is 10.1. The quantitative estimate of drug-likeness (QED) is 0.840. The predicted octanol–water partition coefficient (Wildman–Crippen LogP) is 1.16. The number of rotatable bonds is 2. The maximum absolute atomic E-state index is 8.79. The maximum Gasteiger partial charge on any atom is 0.129 e. The first-order valence-corrected chi connectivity index (χ1v) is 5.14. The lowest BCUT2D eigenvalue weighted by molar-refractivity contribution is 0.602. The Balaban J connectivity index is 0.00000128. The molecule has 4 nitrogen and oxygen atoms in total. The van der Waals surface area contributed by atoms with Crippen molar-refractivity contribution < 1.29 is 0 Å². The van der Waals surface area contributed by atoms with Crippen molar-refractivity contribution in [2.75, 3.05) is 24.5 Å². The Morgan fingerprint density at radius 3 is 3.06 bits per heavy atom. The SMILES string of the molecule is Cl.N#Cc1ccnc(N2CCC(CN)C2)c1. The molecule has 0 amide bonds. The molecule has 1 atom stereocenters. The summed E-state index contributed by atoms with van der Waals surface area (Å²) in [5.74, 6) is 1.46. The number of nitrogens with zero attached hydrogens (tertiary/aromatic N) is 3. The van der Waals surface area contributed by atoms with E-state index in [4.69, 9.17) is 11.0 Å². The number of hydrogen-bond donors (Lipinski definition) is 1. The van der Waals surface area contributed by atoms with Gasteiger partial charge < -0.3 is 10.6 Å². The van der Waals surface area contributed by atoms with E-state index < -0.39 is 0 Å². The third kappa shape index (κ3) is 2.63. The summed E-state index contributed by atoms with van der Waals surface area (Å²) < 4.78 is 0. The van der Waals surface area contributed by atoms with Gasteiger partial charge in [-0.3, -0.25) is 0 Å². The minimum Gasteiger partial charge on any atom is -0.356 e. The van der Waals surface area contributed by atoms with Crippen molar-refractivity contribution in [3.05, 3.63) is 23.9 Å². The summed E-state index contributed by atoms with van der Waals surface area (Å²) >= 11 is 0. The van der Waals surface area contributed by atoms with Crippen LogP contribution in [-0.2, 0) is 0 Å². The molecule has 1 aromatic rings. The zero-order valence-corrected chi connectivity index (χ0v) is 9.78. The Hall–Kier alpha value is -1.31. The van der Waals surface area contributed by atoms with Crippen LogP contribution in [0.1, 0.15) is 12.0 Å². The van der Waals surface area contributed by atoms with Gasteiger partial charge >= 0.3 is 0 Å². The molecule has 16 heavy (non-hydrogen) atoms. The van der Waals surface area contributed by atoms with E-state index in [1.807, 2.05) is 6.07 Å². The number of halogens is 1. The van der Waals surface area contributed by atoms with Crippen LogP contribution < -0.4 is 10.6 Å². The van der Waals surface area contributed by atoms with Gasteiger partial charge in [0.2, 0.25) is 0 Å². The highest BCUT2D eigenvalue weighted by Crippen LogP contribution is 2.21. The smallest absolute Gasteiger partial charge is 0.129 e. The Morgan fingerprint density at radius 1 is 1.62 bits per heavy atom. The van der Waals surface area contributed by atoms with Crippen molar-refractivity contribution >= 4 is 18.2 Å². The number of anilines is 1. The van der Waals surface area contributed by atoms with Gasteiger partial charge in [-0.1, -0.05) is 0 Å². The molecular weight excluding hydrogens is 224 g/mol. The van der Waals surface area contributed by atoms with E-state index in [0.717, 1.165) is 31.9 Å². The lowest BCUT2D eigenvalue weighted by Crippen LogP contribution is -2.23. The molecule has 1 aromatic heterocycles. The number of aromatic nitrogens is 1. The minimum absolute atomic E-state index is 0. The summed E-state index contributed by atoms with van der Waals surface area (Å²) in [7, 11) is 0. The van der Waals surface area contributed by atoms with Crippen LogP contribution in [0.2, 0.25) is 0 Å². The fourth-order valence-electron chi connectivity index (χ4n) is 1.89. The fraction of sp³-hybridized carbons (Fsp3) is 0.455. The molecule has 86 valence electrons. The number of nitrogens with two attached hydrogens (primary N) is 1. The van der Waals surface area contributed by atoms with Gasteiger partial charge in [0.1, 0.15) is 5.82 Å². The average molecular weight is 239 g/mol. The van der Waals surface area contributed by atoms with Gasteiger partial charge in [-0.05, 0) is 31.0 Å². The molecule has 0 radical (unpaired) electrons. The molecule has 0 aromatic carbocycles. The van der Waals surface area contributed by atoms with Gasteiger partial charge in [-0.15, -0.1) is 12.4 Å². The molecule has 0 aliphatic carbocycles. The summed E-state index contributed by atoms with van der Waals surface area (Å²) in [6, 6.07) is 5.68. The molecule has 5 heteroatoms. The number of nitriles is 1. The molecule has 0 bridgehead atoms. The topological polar surface area (TPSA) is 65.9 Å². The van der Waals surface area contributed by atoms with E-state index in [2.05, 4.69) is 16.0 Å². The van der Waals surface area contributed by atoms with Crippen molar-refractivity contribution in [1.82, 2.24) is 4.98 Å².